The first-order valence-corrected chi connectivity index (χ1v) is 14.1. The average molecular weight is 542 g/mol. The molecule has 3 aliphatic rings. The van der Waals surface area contributed by atoms with Crippen molar-refractivity contribution in [2.75, 3.05) is 18.5 Å². The summed E-state index contributed by atoms with van der Waals surface area (Å²) in [6, 6.07) is 14.4. The highest BCUT2D eigenvalue weighted by Gasteiger charge is 2.73. The predicted octanol–water partition coefficient (Wildman–Crippen LogP) is 3.77. The van der Waals surface area contributed by atoms with Crippen LogP contribution in [0.15, 0.2) is 48.5 Å². The van der Waals surface area contributed by atoms with Gasteiger partial charge in [0.05, 0.1) is 27.3 Å². The number of fused-ring (bicyclic) bond motifs is 1. The molecular formula is C28H32ClN3O4S. The van der Waals surface area contributed by atoms with Crippen LogP contribution >= 0.6 is 23.4 Å². The van der Waals surface area contributed by atoms with Gasteiger partial charge in [0, 0.05) is 24.9 Å². The molecule has 5 rings (SSSR count). The zero-order valence-corrected chi connectivity index (χ0v) is 22.4. The van der Waals surface area contributed by atoms with E-state index in [0.29, 0.717) is 43.1 Å². The van der Waals surface area contributed by atoms with Crippen LogP contribution in [0, 0.1) is 18.8 Å². The number of aryl methyl sites for hydroxylation is 1. The Morgan fingerprint density at radius 1 is 1.14 bits per heavy atom. The molecule has 37 heavy (non-hydrogen) atoms. The largest absolute Gasteiger partial charge is 0.396 e. The summed E-state index contributed by atoms with van der Waals surface area (Å²) in [5.41, 5.74) is 2.39. The lowest BCUT2D eigenvalue weighted by Gasteiger charge is -2.34. The molecule has 1 spiro atoms. The molecule has 3 heterocycles. The third kappa shape index (κ3) is 4.64. The number of aliphatic hydroxyl groups excluding tert-OH is 1. The van der Waals surface area contributed by atoms with Crippen LogP contribution in [0.4, 0.5) is 5.69 Å². The fourth-order valence-electron chi connectivity index (χ4n) is 6.27. The highest BCUT2D eigenvalue weighted by molar-refractivity contribution is 8.02. The Bertz CT molecular complexity index is 1170. The number of hydrogen-bond donors (Lipinski definition) is 3. The molecule has 2 aromatic carbocycles. The number of unbranched alkanes of at least 4 members (excludes halogenated alkanes) is 1. The van der Waals surface area contributed by atoms with Crippen LogP contribution in [-0.2, 0) is 20.9 Å². The molecule has 2 unspecified atom stereocenters. The topological polar surface area (TPSA) is 98.7 Å². The quantitative estimate of drug-likeness (QED) is 0.420. The third-order valence-corrected chi connectivity index (χ3v) is 10.2. The fourth-order valence-corrected chi connectivity index (χ4v) is 8.76. The van der Waals surface area contributed by atoms with Crippen molar-refractivity contribution in [1.82, 2.24) is 10.2 Å². The van der Waals surface area contributed by atoms with Crippen LogP contribution in [0.2, 0.25) is 5.02 Å². The van der Waals surface area contributed by atoms with Crippen LogP contribution in [0.1, 0.15) is 36.8 Å². The van der Waals surface area contributed by atoms with E-state index in [-0.39, 0.29) is 29.6 Å². The number of thioether (sulfide) groups is 1. The number of carbonyl (C=O) groups excluding carboxylic acids is 3. The molecule has 0 aliphatic carbocycles. The molecule has 0 saturated carbocycles. The van der Waals surface area contributed by atoms with Crippen molar-refractivity contribution in [3.8, 4) is 0 Å². The number of anilines is 1. The Morgan fingerprint density at radius 3 is 2.65 bits per heavy atom. The summed E-state index contributed by atoms with van der Waals surface area (Å²) in [6.07, 6.45) is 2.61. The summed E-state index contributed by atoms with van der Waals surface area (Å²) >= 11 is 8.05. The number of hydrogen-bond acceptors (Lipinski definition) is 5. The van der Waals surface area contributed by atoms with Gasteiger partial charge in [0.25, 0.3) is 0 Å². The molecule has 3 fully saturated rings. The van der Waals surface area contributed by atoms with E-state index >= 15 is 0 Å². The van der Waals surface area contributed by atoms with Crippen LogP contribution in [0.25, 0.3) is 0 Å². The van der Waals surface area contributed by atoms with Crippen molar-refractivity contribution in [2.24, 2.45) is 11.8 Å². The highest BCUT2D eigenvalue weighted by atomic mass is 35.5. The molecule has 0 aromatic heterocycles. The number of nitrogens with zero attached hydrogens (tertiary/aromatic N) is 1. The van der Waals surface area contributed by atoms with Crippen LogP contribution in [-0.4, -0.2) is 56.9 Å². The minimum atomic E-state index is -0.707. The Labute approximate surface area is 226 Å². The molecule has 3 saturated heterocycles. The summed E-state index contributed by atoms with van der Waals surface area (Å²) in [6.45, 7) is 2.66. The van der Waals surface area contributed by atoms with Crippen molar-refractivity contribution in [1.29, 1.82) is 0 Å². The van der Waals surface area contributed by atoms with Gasteiger partial charge in [-0.15, -0.1) is 11.8 Å². The third-order valence-electron chi connectivity index (χ3n) is 7.94. The number of para-hydroxylation sites is 1. The van der Waals surface area contributed by atoms with Gasteiger partial charge in [-0.3, -0.25) is 14.4 Å². The Balaban J connectivity index is 1.43. The van der Waals surface area contributed by atoms with E-state index in [1.54, 1.807) is 22.7 Å². The van der Waals surface area contributed by atoms with Crippen molar-refractivity contribution < 1.29 is 19.5 Å². The zero-order chi connectivity index (χ0) is 26.2. The standard InChI is InChI=1S/C28H32ClN3O4S/c1-17-8-7-11-19(29)23(17)31-26(35)24-28-13-12-20(37-28)21(22(28)27(36)32(24)14-5-6-15-33)25(34)30-16-18-9-3-2-4-10-18/h2-4,7-11,20-22,24,33H,5-6,12-16H2,1H3,(H,30,34)(H,31,35)/t20-,21+,22-,24?,28?/m0/s1. The second-order valence-corrected chi connectivity index (χ2v) is 12.2. The molecule has 7 nitrogen and oxygen atoms in total. The molecule has 2 aromatic rings. The highest BCUT2D eigenvalue weighted by Crippen LogP contribution is 2.66. The van der Waals surface area contributed by atoms with E-state index in [9.17, 15) is 19.5 Å². The van der Waals surface area contributed by atoms with E-state index in [1.165, 1.54) is 0 Å². The average Bonchev–Trinajstić information content (AvgIpc) is 3.53. The summed E-state index contributed by atoms with van der Waals surface area (Å²) in [5.74, 6) is -1.56. The molecule has 3 aliphatic heterocycles. The first kappa shape index (κ1) is 26.1. The number of likely N-dealkylation sites (tertiary alicyclic amines) is 1. The van der Waals surface area contributed by atoms with Crippen molar-refractivity contribution in [3.63, 3.8) is 0 Å². The van der Waals surface area contributed by atoms with Gasteiger partial charge in [-0.25, -0.2) is 0 Å². The van der Waals surface area contributed by atoms with E-state index in [2.05, 4.69) is 10.6 Å². The molecule has 2 bridgehead atoms. The van der Waals surface area contributed by atoms with Crippen molar-refractivity contribution >= 4 is 46.8 Å². The minimum absolute atomic E-state index is 0.00154. The number of carbonyl (C=O) groups is 3. The first-order chi connectivity index (χ1) is 17.9. The number of benzene rings is 2. The second-order valence-electron chi connectivity index (χ2n) is 10.1. The van der Waals surface area contributed by atoms with E-state index in [4.69, 9.17) is 11.6 Å². The van der Waals surface area contributed by atoms with Crippen LogP contribution in [0.5, 0.6) is 0 Å². The number of amides is 3. The SMILES string of the molecule is Cc1cccc(Cl)c1NC(=O)C1N(CCCCO)C(=O)[C@@H]2[C@H](C(=O)NCc3ccccc3)[C@@H]3CCC12S3. The molecule has 0 radical (unpaired) electrons. The lowest BCUT2D eigenvalue weighted by atomic mass is 9.70. The first-order valence-electron chi connectivity index (χ1n) is 12.8. The number of halogens is 1. The van der Waals surface area contributed by atoms with Crippen LogP contribution in [0.3, 0.4) is 0 Å². The lowest BCUT2D eigenvalue weighted by Crippen LogP contribution is -2.52. The van der Waals surface area contributed by atoms with E-state index in [0.717, 1.165) is 17.5 Å². The summed E-state index contributed by atoms with van der Waals surface area (Å²) in [4.78, 5) is 42.9. The second kappa shape index (κ2) is 10.7. The zero-order valence-electron chi connectivity index (χ0n) is 20.8. The summed E-state index contributed by atoms with van der Waals surface area (Å²) in [7, 11) is 0. The van der Waals surface area contributed by atoms with E-state index < -0.39 is 22.6 Å². The molecule has 3 N–H and O–H groups in total. The fraction of sp³-hybridized carbons (Fsp3) is 0.464. The van der Waals surface area contributed by atoms with Gasteiger partial charge in [-0.1, -0.05) is 54.1 Å². The van der Waals surface area contributed by atoms with Gasteiger partial charge in [-0.05, 0) is 49.8 Å². The monoisotopic (exact) mass is 541 g/mol. The van der Waals surface area contributed by atoms with Gasteiger partial charge in [-0.2, -0.15) is 0 Å². The lowest BCUT2D eigenvalue weighted by molar-refractivity contribution is -0.139. The maximum absolute atomic E-state index is 13.9. The van der Waals surface area contributed by atoms with Gasteiger partial charge in [0.1, 0.15) is 6.04 Å². The number of nitrogens with one attached hydrogen (secondary N) is 2. The Morgan fingerprint density at radius 2 is 1.92 bits per heavy atom. The maximum Gasteiger partial charge on any atom is 0.248 e. The molecule has 5 atom stereocenters. The minimum Gasteiger partial charge on any atom is -0.396 e. The molecule has 196 valence electrons. The summed E-state index contributed by atoms with van der Waals surface area (Å²) < 4.78 is -0.658. The molecule has 9 heteroatoms. The summed E-state index contributed by atoms with van der Waals surface area (Å²) in [5, 5.41) is 15.8. The predicted molar refractivity (Wildman–Crippen MR) is 145 cm³/mol. The van der Waals surface area contributed by atoms with Crippen molar-refractivity contribution in [2.45, 2.75) is 55.2 Å². The number of rotatable bonds is 9. The molecule has 3 amide bonds. The molecular weight excluding hydrogens is 510 g/mol. The van der Waals surface area contributed by atoms with Gasteiger partial charge in [0.2, 0.25) is 17.7 Å². The van der Waals surface area contributed by atoms with Gasteiger partial charge < -0.3 is 20.6 Å². The number of aliphatic hydroxyl groups is 1. The smallest absolute Gasteiger partial charge is 0.248 e. The van der Waals surface area contributed by atoms with Gasteiger partial charge >= 0.3 is 0 Å². The van der Waals surface area contributed by atoms with E-state index in [1.807, 2.05) is 49.4 Å². The van der Waals surface area contributed by atoms with Gasteiger partial charge in [0.15, 0.2) is 0 Å². The maximum atomic E-state index is 13.9. The normalized spacial score (nSPS) is 27.9. The van der Waals surface area contributed by atoms with Crippen molar-refractivity contribution in [3.05, 3.63) is 64.7 Å². The Hall–Kier alpha value is -2.55. The Kier molecular flexibility index (Phi) is 7.52. The van der Waals surface area contributed by atoms with Crippen LogP contribution < -0.4 is 10.6 Å².